The minimum Gasteiger partial charge on any atom is -0.364 e. The normalized spacial score (nSPS) is 21.0. The summed E-state index contributed by atoms with van der Waals surface area (Å²) >= 11 is 0. The van der Waals surface area contributed by atoms with Crippen LogP contribution in [0.5, 0.6) is 0 Å². The highest BCUT2D eigenvalue weighted by Gasteiger charge is 2.39. The maximum Gasteiger partial charge on any atom is 0.256 e. The van der Waals surface area contributed by atoms with E-state index in [4.69, 9.17) is 4.74 Å². The highest BCUT2D eigenvalue weighted by molar-refractivity contribution is 5.85. The van der Waals surface area contributed by atoms with Gasteiger partial charge in [-0.25, -0.2) is 0 Å². The summed E-state index contributed by atoms with van der Waals surface area (Å²) in [6.07, 6.45) is 3.02. The van der Waals surface area contributed by atoms with Gasteiger partial charge < -0.3 is 15.0 Å². The summed E-state index contributed by atoms with van der Waals surface area (Å²) in [6.45, 7) is 6.45. The first-order valence-corrected chi connectivity index (χ1v) is 8.40. The van der Waals surface area contributed by atoms with E-state index in [9.17, 15) is 4.79 Å². The molecule has 0 aliphatic carbocycles. The molecule has 0 saturated carbocycles. The van der Waals surface area contributed by atoms with Gasteiger partial charge >= 0.3 is 0 Å². The van der Waals surface area contributed by atoms with Crippen molar-refractivity contribution in [1.29, 1.82) is 0 Å². The van der Waals surface area contributed by atoms with Crippen LogP contribution in [0, 0.1) is 5.41 Å². The molecule has 1 amide bonds. The van der Waals surface area contributed by atoms with Crippen molar-refractivity contribution in [2.45, 2.75) is 32.3 Å². The van der Waals surface area contributed by atoms with Crippen molar-refractivity contribution >= 4 is 18.3 Å². The van der Waals surface area contributed by atoms with E-state index < -0.39 is 6.10 Å². The Balaban J connectivity index is 0.00000192. The van der Waals surface area contributed by atoms with E-state index in [0.29, 0.717) is 12.0 Å². The van der Waals surface area contributed by atoms with Crippen LogP contribution < -0.4 is 5.32 Å². The molecular weight excluding hydrogens is 312 g/mol. The van der Waals surface area contributed by atoms with Gasteiger partial charge in [0.15, 0.2) is 6.10 Å². The van der Waals surface area contributed by atoms with Crippen LogP contribution in [0.2, 0.25) is 0 Å². The number of nitrogens with zero attached hydrogens (tertiary/aromatic N) is 1. The summed E-state index contributed by atoms with van der Waals surface area (Å²) < 4.78 is 5.76. The monoisotopic (exact) mass is 338 g/mol. The van der Waals surface area contributed by atoms with Crippen LogP contribution in [-0.2, 0) is 9.53 Å². The Bertz CT molecular complexity index is 493. The molecule has 5 heteroatoms. The largest absolute Gasteiger partial charge is 0.364 e. The van der Waals surface area contributed by atoms with E-state index in [1.807, 2.05) is 42.2 Å². The van der Waals surface area contributed by atoms with Crippen molar-refractivity contribution in [3.63, 3.8) is 0 Å². The van der Waals surface area contributed by atoms with Gasteiger partial charge in [0, 0.05) is 26.2 Å². The van der Waals surface area contributed by atoms with Crippen LogP contribution in [0.3, 0.4) is 0 Å². The highest BCUT2D eigenvalue weighted by atomic mass is 35.5. The number of nitrogens with one attached hydrogen (secondary N) is 1. The fraction of sp³-hybridized carbons (Fsp3) is 0.611. The third kappa shape index (κ3) is 4.06. The van der Waals surface area contributed by atoms with Gasteiger partial charge in [-0.2, -0.15) is 0 Å². The Kier molecular flexibility index (Phi) is 6.45. The van der Waals surface area contributed by atoms with E-state index in [-0.39, 0.29) is 18.3 Å². The van der Waals surface area contributed by atoms with Gasteiger partial charge in [0.1, 0.15) is 0 Å². The summed E-state index contributed by atoms with van der Waals surface area (Å²) in [7, 11) is 0. The lowest BCUT2D eigenvalue weighted by Crippen LogP contribution is -2.46. The minimum atomic E-state index is -0.457. The molecule has 23 heavy (non-hydrogen) atoms. The van der Waals surface area contributed by atoms with Gasteiger partial charge in [-0.1, -0.05) is 30.3 Å². The number of ether oxygens (including phenoxy) is 1. The van der Waals surface area contributed by atoms with Crippen molar-refractivity contribution in [3.05, 3.63) is 35.9 Å². The molecule has 128 valence electrons. The van der Waals surface area contributed by atoms with Crippen LogP contribution in [0.15, 0.2) is 30.3 Å². The average molecular weight is 339 g/mol. The van der Waals surface area contributed by atoms with Gasteiger partial charge in [-0.3, -0.25) is 4.79 Å². The van der Waals surface area contributed by atoms with Crippen LogP contribution in [-0.4, -0.2) is 43.6 Å². The number of amides is 1. The Morgan fingerprint density at radius 3 is 2.52 bits per heavy atom. The summed E-state index contributed by atoms with van der Waals surface area (Å²) in [5, 5.41) is 3.47. The lowest BCUT2D eigenvalue weighted by atomic mass is 9.77. The zero-order chi connectivity index (χ0) is 15.4. The zero-order valence-electron chi connectivity index (χ0n) is 13.8. The van der Waals surface area contributed by atoms with Crippen molar-refractivity contribution in [2.75, 3.05) is 32.8 Å². The second-order valence-electron chi connectivity index (χ2n) is 6.50. The van der Waals surface area contributed by atoms with Crippen molar-refractivity contribution in [1.82, 2.24) is 10.2 Å². The third-order valence-corrected chi connectivity index (χ3v) is 5.13. The Morgan fingerprint density at radius 1 is 1.26 bits per heavy atom. The first kappa shape index (κ1) is 18.2. The summed E-state index contributed by atoms with van der Waals surface area (Å²) in [5.41, 5.74) is 1.39. The molecule has 1 spiro atoms. The van der Waals surface area contributed by atoms with Crippen LogP contribution in [0.25, 0.3) is 0 Å². The number of carbonyl (C=O) groups is 1. The first-order valence-electron chi connectivity index (χ1n) is 8.40. The maximum atomic E-state index is 12.9. The van der Waals surface area contributed by atoms with Crippen LogP contribution in [0.4, 0.5) is 0 Å². The quantitative estimate of drug-likeness (QED) is 0.917. The Hall–Kier alpha value is -1.10. The molecule has 4 nitrogen and oxygen atoms in total. The topological polar surface area (TPSA) is 41.6 Å². The fourth-order valence-corrected chi connectivity index (χ4v) is 3.69. The predicted octanol–water partition coefficient (Wildman–Crippen LogP) is 2.79. The molecular formula is C18H27ClN2O2. The number of hydrogen-bond acceptors (Lipinski definition) is 3. The molecule has 2 fully saturated rings. The molecule has 1 N–H and O–H groups in total. The van der Waals surface area contributed by atoms with Gasteiger partial charge in [0.05, 0.1) is 0 Å². The van der Waals surface area contributed by atoms with Crippen LogP contribution >= 0.6 is 12.4 Å². The number of halogens is 1. The van der Waals surface area contributed by atoms with Crippen molar-refractivity contribution in [3.8, 4) is 0 Å². The van der Waals surface area contributed by atoms with Crippen molar-refractivity contribution < 1.29 is 9.53 Å². The van der Waals surface area contributed by atoms with E-state index in [2.05, 4.69) is 5.32 Å². The first-order chi connectivity index (χ1) is 10.7. The average Bonchev–Trinajstić information content (AvgIpc) is 3.02. The second kappa shape index (κ2) is 8.13. The molecule has 2 aliphatic heterocycles. The molecule has 2 heterocycles. The standard InChI is InChI=1S/C18H26N2O2.ClH/c1-2-22-16(15-6-4-3-5-7-15)17(21)20-12-9-18(10-13-20)8-11-19-14-18;/h3-7,16,19H,2,8-14H2,1H3;1H. The van der Waals surface area contributed by atoms with Crippen molar-refractivity contribution in [2.24, 2.45) is 5.41 Å². The molecule has 1 aromatic carbocycles. The van der Waals surface area contributed by atoms with E-state index in [0.717, 1.165) is 44.6 Å². The molecule has 2 aliphatic rings. The van der Waals surface area contributed by atoms with Gasteiger partial charge in [0.25, 0.3) is 5.91 Å². The molecule has 0 aromatic heterocycles. The Labute approximate surface area is 145 Å². The minimum absolute atomic E-state index is 0. The summed E-state index contributed by atoms with van der Waals surface area (Å²) in [6, 6.07) is 9.85. The van der Waals surface area contributed by atoms with E-state index >= 15 is 0 Å². The van der Waals surface area contributed by atoms with Gasteiger partial charge in [-0.05, 0) is 43.7 Å². The van der Waals surface area contributed by atoms with Gasteiger partial charge in [-0.15, -0.1) is 12.4 Å². The number of hydrogen-bond donors (Lipinski definition) is 1. The highest BCUT2D eigenvalue weighted by Crippen LogP contribution is 2.37. The molecule has 0 radical (unpaired) electrons. The molecule has 1 aromatic rings. The van der Waals surface area contributed by atoms with Gasteiger partial charge in [0.2, 0.25) is 0 Å². The third-order valence-electron chi connectivity index (χ3n) is 5.13. The summed E-state index contributed by atoms with van der Waals surface area (Å²) in [4.78, 5) is 14.9. The SMILES string of the molecule is CCOC(C(=O)N1CCC2(CCNC2)CC1)c1ccccc1.Cl. The number of carbonyl (C=O) groups excluding carboxylic acids is 1. The van der Waals surface area contributed by atoms with Crippen LogP contribution in [0.1, 0.15) is 37.9 Å². The fourth-order valence-electron chi connectivity index (χ4n) is 3.69. The molecule has 3 rings (SSSR count). The maximum absolute atomic E-state index is 12.9. The summed E-state index contributed by atoms with van der Waals surface area (Å²) in [5.74, 6) is 0.119. The van der Waals surface area contributed by atoms with E-state index in [1.165, 1.54) is 6.42 Å². The van der Waals surface area contributed by atoms with E-state index in [1.54, 1.807) is 0 Å². The second-order valence-corrected chi connectivity index (χ2v) is 6.50. The smallest absolute Gasteiger partial charge is 0.256 e. The zero-order valence-corrected chi connectivity index (χ0v) is 14.6. The number of likely N-dealkylation sites (tertiary alicyclic amines) is 1. The lowest BCUT2D eigenvalue weighted by Gasteiger charge is -2.40. The number of piperidine rings is 1. The predicted molar refractivity (Wildman–Crippen MR) is 93.8 cm³/mol. The molecule has 1 unspecified atom stereocenters. The number of benzene rings is 1. The molecule has 0 bridgehead atoms. The number of rotatable bonds is 4. The molecule has 2 saturated heterocycles. The lowest BCUT2D eigenvalue weighted by molar-refractivity contribution is -0.146. The Morgan fingerprint density at radius 2 is 1.96 bits per heavy atom. The molecule has 1 atom stereocenters.